The maximum Gasteiger partial charge on any atom is 0.336 e. The van der Waals surface area contributed by atoms with Crippen LogP contribution in [0.1, 0.15) is 17.0 Å². The van der Waals surface area contributed by atoms with Gasteiger partial charge in [0, 0.05) is 17.0 Å². The third kappa shape index (κ3) is 2.83. The number of ether oxygens (including phenoxy) is 1. The van der Waals surface area contributed by atoms with Gasteiger partial charge in [0.05, 0.1) is 5.69 Å². The second-order valence-corrected chi connectivity index (χ2v) is 5.94. The van der Waals surface area contributed by atoms with Gasteiger partial charge in [-0.3, -0.25) is 0 Å². The number of fused-ring (bicyclic) bond motifs is 1. The third-order valence-electron chi connectivity index (χ3n) is 4.21. The molecule has 0 N–H and O–H groups in total. The number of aryl methyl sites for hydroxylation is 2. The van der Waals surface area contributed by atoms with E-state index in [-0.39, 0.29) is 12.2 Å². The zero-order valence-corrected chi connectivity index (χ0v) is 14.3. The second-order valence-electron chi connectivity index (χ2n) is 5.94. The number of para-hydroxylation sites is 1. The van der Waals surface area contributed by atoms with Crippen molar-refractivity contribution in [1.29, 1.82) is 0 Å². The fourth-order valence-corrected chi connectivity index (χ4v) is 2.86. The first-order chi connectivity index (χ1) is 12.6. The Bertz CT molecular complexity index is 1130. The molecule has 0 saturated heterocycles. The van der Waals surface area contributed by atoms with Crippen LogP contribution in [0, 0.1) is 13.8 Å². The smallest absolute Gasteiger partial charge is 0.336 e. The summed E-state index contributed by atoms with van der Waals surface area (Å²) in [7, 11) is 0. The summed E-state index contributed by atoms with van der Waals surface area (Å²) in [5.74, 6) is 1.19. The number of nitrogens with zero attached hydrogens (tertiary/aromatic N) is 4. The third-order valence-corrected chi connectivity index (χ3v) is 4.21. The van der Waals surface area contributed by atoms with E-state index < -0.39 is 0 Å². The minimum Gasteiger partial charge on any atom is -0.485 e. The van der Waals surface area contributed by atoms with Gasteiger partial charge in [0.1, 0.15) is 17.9 Å². The molecular weight excluding hydrogens is 332 g/mol. The van der Waals surface area contributed by atoms with Crippen molar-refractivity contribution in [2.24, 2.45) is 0 Å². The quantitative estimate of drug-likeness (QED) is 0.527. The van der Waals surface area contributed by atoms with Gasteiger partial charge in [-0.1, -0.05) is 18.2 Å². The van der Waals surface area contributed by atoms with Crippen LogP contribution >= 0.6 is 0 Å². The first-order valence-electron chi connectivity index (χ1n) is 8.13. The van der Waals surface area contributed by atoms with E-state index >= 15 is 0 Å². The lowest BCUT2D eigenvalue weighted by molar-refractivity contribution is 0.290. The SMILES string of the molecule is Cc1cc(=O)oc2c(C)c(OCc3nnnn3-c3ccccc3)ccc12. The zero-order chi connectivity index (χ0) is 18.1. The summed E-state index contributed by atoms with van der Waals surface area (Å²) in [5, 5.41) is 12.7. The van der Waals surface area contributed by atoms with Crippen LogP contribution in [-0.2, 0) is 6.61 Å². The number of rotatable bonds is 4. The monoisotopic (exact) mass is 348 g/mol. The summed E-state index contributed by atoms with van der Waals surface area (Å²) >= 11 is 0. The van der Waals surface area contributed by atoms with E-state index in [1.807, 2.05) is 56.3 Å². The van der Waals surface area contributed by atoms with Crippen LogP contribution < -0.4 is 10.4 Å². The summed E-state index contributed by atoms with van der Waals surface area (Å²) in [4.78, 5) is 11.7. The van der Waals surface area contributed by atoms with Crippen LogP contribution in [-0.4, -0.2) is 20.2 Å². The molecule has 7 heteroatoms. The van der Waals surface area contributed by atoms with Crippen molar-refractivity contribution in [2.75, 3.05) is 0 Å². The van der Waals surface area contributed by atoms with Crippen molar-refractivity contribution in [2.45, 2.75) is 20.5 Å². The highest BCUT2D eigenvalue weighted by atomic mass is 16.5. The van der Waals surface area contributed by atoms with Crippen LogP contribution in [0.3, 0.4) is 0 Å². The number of tetrazole rings is 1. The van der Waals surface area contributed by atoms with Crippen LogP contribution in [0.4, 0.5) is 0 Å². The predicted molar refractivity (Wildman–Crippen MR) is 95.4 cm³/mol. The Balaban J connectivity index is 1.65. The van der Waals surface area contributed by atoms with Crippen LogP contribution in [0.2, 0.25) is 0 Å². The Morgan fingerprint density at radius 2 is 1.92 bits per heavy atom. The minimum absolute atomic E-state index is 0.185. The van der Waals surface area contributed by atoms with Crippen molar-refractivity contribution < 1.29 is 9.15 Å². The fourth-order valence-electron chi connectivity index (χ4n) is 2.86. The molecule has 2 heterocycles. The average Bonchev–Trinajstić information content (AvgIpc) is 3.11. The lowest BCUT2D eigenvalue weighted by atomic mass is 10.1. The zero-order valence-electron chi connectivity index (χ0n) is 14.3. The Morgan fingerprint density at radius 3 is 2.73 bits per heavy atom. The average molecular weight is 348 g/mol. The van der Waals surface area contributed by atoms with Gasteiger partial charge >= 0.3 is 5.63 Å². The van der Waals surface area contributed by atoms with Crippen LogP contribution in [0.5, 0.6) is 5.75 Å². The molecule has 2 aromatic heterocycles. The molecule has 4 rings (SSSR count). The largest absolute Gasteiger partial charge is 0.485 e. The van der Waals surface area contributed by atoms with Gasteiger partial charge < -0.3 is 9.15 Å². The summed E-state index contributed by atoms with van der Waals surface area (Å²) in [6.07, 6.45) is 0. The number of aromatic nitrogens is 4. The van der Waals surface area contributed by atoms with Crippen molar-refractivity contribution in [1.82, 2.24) is 20.2 Å². The Kier molecular flexibility index (Phi) is 3.96. The van der Waals surface area contributed by atoms with Gasteiger partial charge in [-0.15, -0.1) is 5.10 Å². The first kappa shape index (κ1) is 16.0. The molecule has 26 heavy (non-hydrogen) atoms. The molecule has 0 atom stereocenters. The predicted octanol–water partition coefficient (Wildman–Crippen LogP) is 2.96. The molecule has 0 amide bonds. The molecule has 130 valence electrons. The normalized spacial score (nSPS) is 11.0. The molecule has 0 bridgehead atoms. The van der Waals surface area contributed by atoms with Gasteiger partial charge in [0.25, 0.3) is 0 Å². The topological polar surface area (TPSA) is 83.0 Å². The van der Waals surface area contributed by atoms with Crippen molar-refractivity contribution in [3.05, 3.63) is 75.9 Å². The lowest BCUT2D eigenvalue weighted by Crippen LogP contribution is -2.07. The summed E-state index contributed by atoms with van der Waals surface area (Å²) in [6, 6.07) is 14.8. The van der Waals surface area contributed by atoms with Crippen LogP contribution in [0.15, 0.2) is 57.7 Å². The van der Waals surface area contributed by atoms with E-state index in [0.717, 1.165) is 22.2 Å². The van der Waals surface area contributed by atoms with Crippen molar-refractivity contribution in [3.8, 4) is 11.4 Å². The van der Waals surface area contributed by atoms with Crippen molar-refractivity contribution in [3.63, 3.8) is 0 Å². The summed E-state index contributed by atoms with van der Waals surface area (Å²) in [5.41, 5.74) is 2.66. The summed E-state index contributed by atoms with van der Waals surface area (Å²) in [6.45, 7) is 3.93. The lowest BCUT2D eigenvalue weighted by Gasteiger charge is -2.11. The molecule has 0 radical (unpaired) electrons. The van der Waals surface area contributed by atoms with Crippen molar-refractivity contribution >= 4 is 11.0 Å². The number of benzene rings is 2. The molecule has 2 aromatic carbocycles. The molecule has 0 aliphatic rings. The Labute approximate surface area is 148 Å². The maximum absolute atomic E-state index is 11.7. The summed E-state index contributed by atoms with van der Waals surface area (Å²) < 4.78 is 12.9. The highest BCUT2D eigenvalue weighted by Gasteiger charge is 2.13. The van der Waals surface area contributed by atoms with Gasteiger partial charge in [0.2, 0.25) is 0 Å². The Hall–Kier alpha value is -3.48. The van der Waals surface area contributed by atoms with E-state index in [1.165, 1.54) is 6.07 Å². The van der Waals surface area contributed by atoms with E-state index in [0.29, 0.717) is 17.2 Å². The van der Waals surface area contributed by atoms with E-state index in [1.54, 1.807) is 4.68 Å². The fraction of sp³-hybridized carbons (Fsp3) is 0.158. The molecule has 0 unspecified atom stereocenters. The Morgan fingerprint density at radius 1 is 1.12 bits per heavy atom. The molecule has 4 aromatic rings. The molecule has 0 saturated carbocycles. The van der Waals surface area contributed by atoms with E-state index in [9.17, 15) is 4.79 Å². The highest BCUT2D eigenvalue weighted by Crippen LogP contribution is 2.28. The molecule has 0 spiro atoms. The van der Waals surface area contributed by atoms with Gasteiger partial charge in [-0.25, -0.2) is 4.79 Å². The highest BCUT2D eigenvalue weighted by molar-refractivity contribution is 5.84. The molecule has 0 fully saturated rings. The molecule has 0 aliphatic heterocycles. The number of hydrogen-bond acceptors (Lipinski definition) is 6. The number of hydrogen-bond donors (Lipinski definition) is 0. The molecule has 0 aliphatic carbocycles. The first-order valence-corrected chi connectivity index (χ1v) is 8.13. The molecular formula is C19H16N4O3. The maximum atomic E-state index is 11.7. The van der Waals surface area contributed by atoms with E-state index in [2.05, 4.69) is 15.5 Å². The van der Waals surface area contributed by atoms with Gasteiger partial charge in [-0.2, -0.15) is 4.68 Å². The molecule has 7 nitrogen and oxygen atoms in total. The van der Waals surface area contributed by atoms with Gasteiger partial charge in [-0.05, 0) is 54.1 Å². The second kappa shape index (κ2) is 6.44. The standard InChI is InChI=1S/C19H16N4O3/c1-12-10-18(24)26-19-13(2)16(9-8-15(12)19)25-11-17-20-21-22-23(17)14-6-4-3-5-7-14/h3-10H,11H2,1-2H3. The van der Waals surface area contributed by atoms with Crippen LogP contribution in [0.25, 0.3) is 16.7 Å². The van der Waals surface area contributed by atoms with E-state index in [4.69, 9.17) is 9.15 Å². The minimum atomic E-state index is -0.372. The van der Waals surface area contributed by atoms with Gasteiger partial charge in [0.15, 0.2) is 5.82 Å².